The lowest BCUT2D eigenvalue weighted by Crippen LogP contribution is -2.35. The maximum atomic E-state index is 8.01. The molecule has 0 aromatic heterocycles. The highest BCUT2D eigenvalue weighted by molar-refractivity contribution is 6.07. The largest absolute Gasteiger partial charge is 0.497 e. The summed E-state index contributed by atoms with van der Waals surface area (Å²) < 4.78 is 10.7. The second kappa shape index (κ2) is 6.37. The van der Waals surface area contributed by atoms with Crippen molar-refractivity contribution in [2.75, 3.05) is 14.2 Å². The summed E-state index contributed by atoms with van der Waals surface area (Å²) in [6.45, 7) is 0. The van der Waals surface area contributed by atoms with Crippen LogP contribution in [0.15, 0.2) is 47.6 Å². The van der Waals surface area contributed by atoms with E-state index in [1.54, 1.807) is 19.2 Å². The molecule has 2 atom stereocenters. The van der Waals surface area contributed by atoms with Gasteiger partial charge in [0, 0.05) is 11.5 Å². The van der Waals surface area contributed by atoms with Crippen molar-refractivity contribution in [3.05, 3.63) is 59.2 Å². The van der Waals surface area contributed by atoms with Gasteiger partial charge >= 0.3 is 0 Å². The Bertz CT molecular complexity index is 876. The van der Waals surface area contributed by atoms with E-state index in [1.165, 1.54) is 5.56 Å². The summed E-state index contributed by atoms with van der Waals surface area (Å²) in [5.74, 6) is 1.76. The number of fused-ring (bicyclic) bond motifs is 3. The molecule has 0 saturated carbocycles. The third kappa shape index (κ3) is 2.58. The fourth-order valence-corrected chi connectivity index (χ4v) is 3.95. The molecular weight excluding hydrogens is 328 g/mol. The Morgan fingerprint density at radius 2 is 1.81 bits per heavy atom. The predicted molar refractivity (Wildman–Crippen MR) is 101 cm³/mol. The van der Waals surface area contributed by atoms with E-state index in [1.807, 2.05) is 36.4 Å². The van der Waals surface area contributed by atoms with Crippen LogP contribution in [0.3, 0.4) is 0 Å². The van der Waals surface area contributed by atoms with Crippen LogP contribution in [-0.2, 0) is 6.42 Å². The van der Waals surface area contributed by atoms with Crippen LogP contribution in [0.2, 0.25) is 0 Å². The average molecular weight is 350 g/mol. The Morgan fingerprint density at radius 3 is 2.46 bits per heavy atom. The van der Waals surface area contributed by atoms with Crippen molar-refractivity contribution in [1.82, 2.24) is 5.01 Å². The summed E-state index contributed by atoms with van der Waals surface area (Å²) in [6.07, 6.45) is 1.94. The molecule has 26 heavy (non-hydrogen) atoms. The van der Waals surface area contributed by atoms with Gasteiger partial charge in [0.1, 0.15) is 11.5 Å². The number of rotatable bonds is 3. The predicted octanol–water partition coefficient (Wildman–Crippen LogP) is 2.92. The fraction of sp³-hybridized carbons (Fsp3) is 0.300. The zero-order chi connectivity index (χ0) is 18.3. The van der Waals surface area contributed by atoms with Gasteiger partial charge in [-0.2, -0.15) is 5.10 Å². The molecule has 6 heteroatoms. The van der Waals surface area contributed by atoms with Crippen LogP contribution < -0.4 is 15.2 Å². The first-order valence-electron chi connectivity index (χ1n) is 8.65. The van der Waals surface area contributed by atoms with Gasteiger partial charge in [0.2, 0.25) is 5.96 Å². The van der Waals surface area contributed by atoms with E-state index in [9.17, 15) is 0 Å². The van der Waals surface area contributed by atoms with E-state index in [4.69, 9.17) is 25.7 Å². The molecule has 1 aliphatic carbocycles. The van der Waals surface area contributed by atoms with Gasteiger partial charge in [-0.3, -0.25) is 5.41 Å². The van der Waals surface area contributed by atoms with Crippen molar-refractivity contribution < 1.29 is 9.47 Å². The first kappa shape index (κ1) is 16.4. The van der Waals surface area contributed by atoms with Crippen LogP contribution >= 0.6 is 0 Å². The number of ether oxygens (including phenoxy) is 2. The van der Waals surface area contributed by atoms with Gasteiger partial charge in [-0.05, 0) is 48.2 Å². The molecular formula is C20H22N4O2. The van der Waals surface area contributed by atoms with Crippen molar-refractivity contribution in [3.63, 3.8) is 0 Å². The number of hydrogen-bond acceptors (Lipinski definition) is 4. The van der Waals surface area contributed by atoms with Gasteiger partial charge in [-0.15, -0.1) is 0 Å². The number of benzene rings is 2. The normalized spacial score (nSPS) is 20.8. The summed E-state index contributed by atoms with van der Waals surface area (Å²) >= 11 is 0. The van der Waals surface area contributed by atoms with Gasteiger partial charge in [-0.1, -0.05) is 18.2 Å². The lowest BCUT2D eigenvalue weighted by atomic mass is 9.77. The highest BCUT2D eigenvalue weighted by Gasteiger charge is 2.42. The van der Waals surface area contributed by atoms with E-state index >= 15 is 0 Å². The molecule has 3 N–H and O–H groups in total. The monoisotopic (exact) mass is 350 g/mol. The molecule has 0 saturated heterocycles. The highest BCUT2D eigenvalue weighted by atomic mass is 16.5. The number of hydrazone groups is 1. The minimum Gasteiger partial charge on any atom is -0.497 e. The molecule has 0 unspecified atom stereocenters. The van der Waals surface area contributed by atoms with E-state index in [0.717, 1.165) is 41.2 Å². The fourth-order valence-electron chi connectivity index (χ4n) is 3.95. The van der Waals surface area contributed by atoms with Crippen LogP contribution in [0.5, 0.6) is 11.5 Å². The third-order valence-corrected chi connectivity index (χ3v) is 5.23. The van der Waals surface area contributed by atoms with Gasteiger partial charge < -0.3 is 15.2 Å². The second-order valence-corrected chi connectivity index (χ2v) is 6.60. The molecule has 1 heterocycles. The maximum Gasteiger partial charge on any atom is 0.209 e. The molecule has 0 bridgehead atoms. The molecule has 6 nitrogen and oxygen atoms in total. The Morgan fingerprint density at radius 1 is 1.12 bits per heavy atom. The van der Waals surface area contributed by atoms with Crippen molar-refractivity contribution in [3.8, 4) is 11.5 Å². The minimum absolute atomic E-state index is 0.0443. The molecule has 1 aliphatic heterocycles. The van der Waals surface area contributed by atoms with Crippen molar-refractivity contribution in [1.29, 1.82) is 5.41 Å². The second-order valence-electron chi connectivity index (χ2n) is 6.60. The number of hydrogen-bond donors (Lipinski definition) is 2. The Kier molecular flexibility index (Phi) is 4.03. The zero-order valence-corrected chi connectivity index (χ0v) is 14.9. The summed E-state index contributed by atoms with van der Waals surface area (Å²) in [6, 6.07) is 14.0. The van der Waals surface area contributed by atoms with Gasteiger partial charge in [0.15, 0.2) is 0 Å². The summed E-state index contributed by atoms with van der Waals surface area (Å²) in [5.41, 5.74) is 10.3. The van der Waals surface area contributed by atoms with Crippen LogP contribution in [0.25, 0.3) is 0 Å². The summed E-state index contributed by atoms with van der Waals surface area (Å²) in [7, 11) is 3.32. The number of methoxy groups -OCH3 is 2. The third-order valence-electron chi connectivity index (χ3n) is 5.23. The highest BCUT2D eigenvalue weighted by Crippen LogP contribution is 2.43. The molecule has 2 aliphatic rings. The molecule has 0 amide bonds. The number of guanidine groups is 1. The molecule has 2 aromatic rings. The number of nitrogens with two attached hydrogens (primary N) is 1. The lowest BCUT2D eigenvalue weighted by Gasteiger charge is -2.29. The first-order valence-corrected chi connectivity index (χ1v) is 8.65. The Balaban J connectivity index is 1.77. The van der Waals surface area contributed by atoms with Crippen molar-refractivity contribution >= 4 is 11.7 Å². The quantitative estimate of drug-likeness (QED) is 0.658. The van der Waals surface area contributed by atoms with E-state index in [-0.39, 0.29) is 17.9 Å². The average Bonchev–Trinajstić information content (AvgIpc) is 3.08. The van der Waals surface area contributed by atoms with E-state index in [2.05, 4.69) is 6.07 Å². The molecule has 134 valence electrons. The zero-order valence-electron chi connectivity index (χ0n) is 14.9. The van der Waals surface area contributed by atoms with Crippen LogP contribution in [0, 0.1) is 11.3 Å². The molecule has 0 spiro atoms. The molecule has 2 aromatic carbocycles. The first-order chi connectivity index (χ1) is 12.6. The summed E-state index contributed by atoms with van der Waals surface area (Å²) in [5, 5.41) is 14.4. The molecule has 0 fully saturated rings. The minimum atomic E-state index is -0.0762. The van der Waals surface area contributed by atoms with Crippen molar-refractivity contribution in [2.24, 2.45) is 16.8 Å². The number of aryl methyl sites for hydroxylation is 1. The van der Waals surface area contributed by atoms with Gasteiger partial charge in [0.05, 0.1) is 26.0 Å². The molecule has 0 radical (unpaired) electrons. The number of nitrogens with one attached hydrogen (secondary N) is 1. The van der Waals surface area contributed by atoms with Gasteiger partial charge in [0.25, 0.3) is 0 Å². The summed E-state index contributed by atoms with van der Waals surface area (Å²) in [4.78, 5) is 0. The van der Waals surface area contributed by atoms with Crippen LogP contribution in [0.4, 0.5) is 0 Å². The van der Waals surface area contributed by atoms with E-state index in [0.29, 0.717) is 0 Å². The molecule has 4 rings (SSSR count). The van der Waals surface area contributed by atoms with Gasteiger partial charge in [-0.25, -0.2) is 5.01 Å². The SMILES string of the molecule is COc1ccc([C@H]2[C@H]3CCc4ccc(OC)cc4C3=NN2C(=N)N)cc1. The van der Waals surface area contributed by atoms with E-state index < -0.39 is 0 Å². The number of nitrogens with zero attached hydrogens (tertiary/aromatic N) is 2. The Labute approximate surface area is 152 Å². The Hall–Kier alpha value is -3.02. The van der Waals surface area contributed by atoms with Crippen LogP contribution in [-0.4, -0.2) is 30.9 Å². The smallest absolute Gasteiger partial charge is 0.209 e. The van der Waals surface area contributed by atoms with Crippen molar-refractivity contribution in [2.45, 2.75) is 18.9 Å². The topological polar surface area (TPSA) is 83.9 Å². The van der Waals surface area contributed by atoms with Crippen LogP contribution in [0.1, 0.15) is 29.2 Å². The lowest BCUT2D eigenvalue weighted by molar-refractivity contribution is 0.302. The standard InChI is InChI=1S/C20H22N4O2/c1-25-14-7-4-13(5-8-14)19-16-10-6-12-3-9-15(26-2)11-17(12)18(16)23-24(19)20(21)22/h3-5,7-9,11,16,19H,6,10H2,1-2H3,(H3,21,22)/t16-,19-/m0/s1. The maximum absolute atomic E-state index is 8.01.